The first kappa shape index (κ1) is 25.3. The first-order valence-electron chi connectivity index (χ1n) is 10.5. The Hall–Kier alpha value is -0.746. The zero-order valence-corrected chi connectivity index (χ0v) is 20.5. The Morgan fingerprint density at radius 2 is 1.21 bits per heavy atom. The maximum atomic E-state index is 6.39. The molecule has 1 unspecified atom stereocenters. The van der Waals surface area contributed by atoms with E-state index in [1.807, 2.05) is 52.8 Å². The maximum Gasteiger partial charge on any atom is 0.505 e. The number of hydrogen-bond acceptors (Lipinski definition) is 6. The summed E-state index contributed by atoms with van der Waals surface area (Å²) < 4.78 is 31.3. The van der Waals surface area contributed by atoms with Crippen molar-refractivity contribution in [3.8, 4) is 0 Å². The van der Waals surface area contributed by atoms with Crippen LogP contribution in [-0.2, 0) is 22.1 Å². The van der Waals surface area contributed by atoms with Crippen LogP contribution in [0.1, 0.15) is 41.5 Å². The zero-order valence-electron chi connectivity index (χ0n) is 18.5. The topological polar surface area (TPSA) is 58.2 Å². The fraction of sp³-hybridized carbons (Fsp3) is 0.700. The van der Waals surface area contributed by atoms with Crippen LogP contribution < -0.4 is 5.32 Å². The van der Waals surface area contributed by atoms with E-state index >= 15 is 0 Å². The number of anilines is 1. The zero-order chi connectivity index (χ0) is 20.9. The standard InChI is InChI=1S/C20H39NO5Si2/c1-7-22-27(23-8-2,18-17-21-20-15-13-12-14-16-20)19(6)28(24-9-3,25-10-4)26-11-5/h12-16,19,21H,7-11,17-18H2,1-6H3. The molecule has 28 heavy (non-hydrogen) atoms. The van der Waals surface area contributed by atoms with Crippen LogP contribution in [0.25, 0.3) is 0 Å². The van der Waals surface area contributed by atoms with Gasteiger partial charge in [0.1, 0.15) is 0 Å². The van der Waals surface area contributed by atoms with Crippen molar-refractivity contribution in [1.82, 2.24) is 0 Å². The monoisotopic (exact) mass is 429 g/mol. The van der Waals surface area contributed by atoms with Crippen molar-refractivity contribution in [2.75, 3.05) is 44.9 Å². The van der Waals surface area contributed by atoms with E-state index in [0.717, 1.165) is 18.3 Å². The lowest BCUT2D eigenvalue weighted by Crippen LogP contribution is -2.62. The highest BCUT2D eigenvalue weighted by molar-refractivity contribution is 6.85. The van der Waals surface area contributed by atoms with Gasteiger partial charge in [-0.3, -0.25) is 0 Å². The molecule has 1 N–H and O–H groups in total. The molecule has 0 aromatic heterocycles. The summed E-state index contributed by atoms with van der Waals surface area (Å²) in [5.74, 6) is 0. The molecule has 0 saturated heterocycles. The lowest BCUT2D eigenvalue weighted by atomic mass is 10.3. The summed E-state index contributed by atoms with van der Waals surface area (Å²) in [4.78, 5) is 0. The molecular weight excluding hydrogens is 390 g/mol. The molecule has 0 spiro atoms. The Kier molecular flexibility index (Phi) is 12.2. The molecular formula is C20H39NO5Si2. The van der Waals surface area contributed by atoms with Gasteiger partial charge in [0.05, 0.1) is 5.16 Å². The lowest BCUT2D eigenvalue weighted by molar-refractivity contribution is 0.0609. The molecule has 1 aromatic carbocycles. The second-order valence-corrected chi connectivity index (χ2v) is 13.4. The van der Waals surface area contributed by atoms with E-state index in [0.29, 0.717) is 33.0 Å². The molecule has 0 bridgehead atoms. The highest BCUT2D eigenvalue weighted by Gasteiger charge is 2.60. The Morgan fingerprint density at radius 3 is 1.64 bits per heavy atom. The van der Waals surface area contributed by atoms with E-state index < -0.39 is 17.4 Å². The van der Waals surface area contributed by atoms with Crippen LogP contribution in [0, 0.1) is 0 Å². The van der Waals surface area contributed by atoms with Crippen LogP contribution in [0.3, 0.4) is 0 Å². The van der Waals surface area contributed by atoms with Gasteiger partial charge in [-0.25, -0.2) is 0 Å². The van der Waals surface area contributed by atoms with Gasteiger partial charge in [0.2, 0.25) is 0 Å². The predicted molar refractivity (Wildman–Crippen MR) is 119 cm³/mol. The smallest absolute Gasteiger partial charge is 0.394 e. The van der Waals surface area contributed by atoms with E-state index in [-0.39, 0.29) is 5.16 Å². The Morgan fingerprint density at radius 1 is 0.750 bits per heavy atom. The average Bonchev–Trinajstić information content (AvgIpc) is 2.69. The third-order valence-electron chi connectivity index (χ3n) is 4.58. The Bertz CT molecular complexity index is 498. The van der Waals surface area contributed by atoms with Crippen molar-refractivity contribution in [3.05, 3.63) is 30.3 Å². The summed E-state index contributed by atoms with van der Waals surface area (Å²) in [7, 11) is -5.63. The van der Waals surface area contributed by atoms with Crippen LogP contribution in [0.2, 0.25) is 11.2 Å². The van der Waals surface area contributed by atoms with Gasteiger partial charge < -0.3 is 27.4 Å². The lowest BCUT2D eigenvalue weighted by Gasteiger charge is -2.42. The van der Waals surface area contributed by atoms with Crippen LogP contribution >= 0.6 is 0 Å². The van der Waals surface area contributed by atoms with E-state index in [1.165, 1.54) is 0 Å². The molecule has 0 aliphatic heterocycles. The highest BCUT2D eigenvalue weighted by atomic mass is 28.4. The van der Waals surface area contributed by atoms with E-state index in [2.05, 4.69) is 24.4 Å². The molecule has 0 amide bonds. The summed E-state index contributed by atoms with van der Waals surface area (Å²) >= 11 is 0. The molecule has 0 heterocycles. The van der Waals surface area contributed by atoms with Gasteiger partial charge in [-0.1, -0.05) is 25.1 Å². The van der Waals surface area contributed by atoms with Crippen molar-refractivity contribution in [3.63, 3.8) is 0 Å². The van der Waals surface area contributed by atoms with Crippen LogP contribution in [0.15, 0.2) is 30.3 Å². The summed E-state index contributed by atoms with van der Waals surface area (Å²) in [6.07, 6.45) is 0. The number of benzene rings is 1. The minimum absolute atomic E-state index is 0.0441. The van der Waals surface area contributed by atoms with E-state index in [1.54, 1.807) is 0 Å². The second kappa shape index (κ2) is 13.5. The van der Waals surface area contributed by atoms with E-state index in [4.69, 9.17) is 22.1 Å². The molecule has 1 rings (SSSR count). The van der Waals surface area contributed by atoms with Gasteiger partial charge in [0.25, 0.3) is 0 Å². The molecule has 0 aliphatic rings. The normalized spacial score (nSPS) is 13.5. The van der Waals surface area contributed by atoms with Crippen molar-refractivity contribution in [2.45, 2.75) is 52.8 Å². The minimum Gasteiger partial charge on any atom is -0.394 e. The largest absolute Gasteiger partial charge is 0.505 e. The predicted octanol–water partition coefficient (Wildman–Crippen LogP) is 4.59. The molecule has 162 valence electrons. The molecule has 6 nitrogen and oxygen atoms in total. The Labute approximate surface area is 173 Å². The molecule has 0 fully saturated rings. The van der Waals surface area contributed by atoms with Crippen molar-refractivity contribution < 1.29 is 22.1 Å². The second-order valence-electron chi connectivity index (χ2n) is 6.34. The fourth-order valence-electron chi connectivity index (χ4n) is 3.45. The number of rotatable bonds is 16. The number of para-hydroxylation sites is 1. The fourth-order valence-corrected chi connectivity index (χ4v) is 12.3. The molecule has 1 atom stereocenters. The van der Waals surface area contributed by atoms with E-state index in [9.17, 15) is 0 Å². The van der Waals surface area contributed by atoms with Gasteiger partial charge in [-0.2, -0.15) is 0 Å². The van der Waals surface area contributed by atoms with Crippen LogP contribution in [-0.4, -0.2) is 56.9 Å². The summed E-state index contributed by atoms with van der Waals surface area (Å²) in [5.41, 5.74) is 1.09. The van der Waals surface area contributed by atoms with Crippen molar-refractivity contribution in [1.29, 1.82) is 0 Å². The molecule has 1 aromatic rings. The Balaban J connectivity index is 3.11. The summed E-state index contributed by atoms with van der Waals surface area (Å²) in [6.45, 7) is 15.7. The third-order valence-corrected chi connectivity index (χ3v) is 13.9. The third kappa shape index (κ3) is 6.94. The minimum atomic E-state index is -2.95. The average molecular weight is 430 g/mol. The first-order chi connectivity index (χ1) is 13.5. The molecule has 8 heteroatoms. The number of hydrogen-bond donors (Lipinski definition) is 1. The molecule has 0 saturated carbocycles. The van der Waals surface area contributed by atoms with Crippen molar-refractivity contribution >= 4 is 23.1 Å². The van der Waals surface area contributed by atoms with Gasteiger partial charge in [-0.05, 0) is 46.8 Å². The van der Waals surface area contributed by atoms with Crippen LogP contribution in [0.4, 0.5) is 5.69 Å². The van der Waals surface area contributed by atoms with Gasteiger partial charge in [-0.15, -0.1) is 0 Å². The SMILES string of the molecule is CCO[Si](CCNc1ccccc1)(OCC)C(C)[Si](OCC)(OCC)OCC. The summed E-state index contributed by atoms with van der Waals surface area (Å²) in [5, 5.41) is 3.44. The van der Waals surface area contributed by atoms with Crippen molar-refractivity contribution in [2.24, 2.45) is 0 Å². The van der Waals surface area contributed by atoms with Crippen LogP contribution in [0.5, 0.6) is 0 Å². The molecule has 0 radical (unpaired) electrons. The van der Waals surface area contributed by atoms with Gasteiger partial charge in [0, 0.05) is 51.3 Å². The first-order valence-corrected chi connectivity index (χ1v) is 14.4. The molecule has 0 aliphatic carbocycles. The quantitative estimate of drug-likeness (QED) is 0.388. The van der Waals surface area contributed by atoms with Gasteiger partial charge in [0.15, 0.2) is 0 Å². The highest BCUT2D eigenvalue weighted by Crippen LogP contribution is 2.38. The summed E-state index contributed by atoms with van der Waals surface area (Å²) in [6, 6.07) is 11.0. The maximum absolute atomic E-state index is 6.39. The van der Waals surface area contributed by atoms with Gasteiger partial charge >= 0.3 is 17.4 Å². The number of nitrogens with one attached hydrogen (secondary N) is 1.